The molecule has 0 aromatic heterocycles. The van der Waals surface area contributed by atoms with Gasteiger partial charge in [-0.1, -0.05) is 65.0 Å². The molecule has 23 heavy (non-hydrogen) atoms. The number of hydrogen-bond donors (Lipinski definition) is 1. The minimum atomic E-state index is -0.0934. The summed E-state index contributed by atoms with van der Waals surface area (Å²) >= 11 is 0. The van der Waals surface area contributed by atoms with Crippen molar-refractivity contribution in [2.24, 2.45) is 4.99 Å². The van der Waals surface area contributed by atoms with E-state index in [1.165, 1.54) is 11.1 Å². The Morgan fingerprint density at radius 2 is 1.52 bits per heavy atom. The average Bonchev–Trinajstić information content (AvgIpc) is 2.52. The van der Waals surface area contributed by atoms with Gasteiger partial charge in [0.1, 0.15) is 5.75 Å². The minimum absolute atomic E-state index is 0.0934. The maximum Gasteiger partial charge on any atom is 0.128 e. The van der Waals surface area contributed by atoms with E-state index in [1.54, 1.807) is 6.21 Å². The number of rotatable bonds is 4. The highest BCUT2D eigenvalue weighted by Gasteiger charge is 2.19. The van der Waals surface area contributed by atoms with Gasteiger partial charge in [0.05, 0.1) is 5.69 Å². The molecule has 0 amide bonds. The molecule has 2 aromatic rings. The standard InChI is InChI=1S/C21H27NO/c1-6-15-10-8-11-16(7-2)19(15)22-14-17-12-9-13-18(20(17)23)21(3,4)5/h8-14,23H,6-7H2,1-5H3. The van der Waals surface area contributed by atoms with Crippen molar-refractivity contribution in [1.82, 2.24) is 0 Å². The van der Waals surface area contributed by atoms with Crippen LogP contribution in [0.15, 0.2) is 41.4 Å². The predicted octanol–water partition coefficient (Wildman–Crippen LogP) is 5.57. The van der Waals surface area contributed by atoms with Crippen LogP contribution in [0.2, 0.25) is 0 Å². The van der Waals surface area contributed by atoms with Gasteiger partial charge in [-0.2, -0.15) is 0 Å². The quantitative estimate of drug-likeness (QED) is 0.736. The maximum atomic E-state index is 10.6. The maximum absolute atomic E-state index is 10.6. The summed E-state index contributed by atoms with van der Waals surface area (Å²) in [6.45, 7) is 10.6. The first kappa shape index (κ1) is 17.3. The fourth-order valence-corrected chi connectivity index (χ4v) is 2.79. The van der Waals surface area contributed by atoms with Crippen LogP contribution in [0.3, 0.4) is 0 Å². The van der Waals surface area contributed by atoms with E-state index < -0.39 is 0 Å². The van der Waals surface area contributed by atoms with Crippen LogP contribution < -0.4 is 0 Å². The fraction of sp³-hybridized carbons (Fsp3) is 0.381. The topological polar surface area (TPSA) is 32.6 Å². The van der Waals surface area contributed by atoms with E-state index in [0.717, 1.165) is 29.7 Å². The molecule has 0 aliphatic heterocycles. The zero-order valence-electron chi connectivity index (χ0n) is 14.9. The summed E-state index contributed by atoms with van der Waals surface area (Å²) in [5, 5.41) is 10.6. The number of phenolic OH excluding ortho intramolecular Hbond substituents is 1. The van der Waals surface area contributed by atoms with Crippen LogP contribution in [0.1, 0.15) is 56.9 Å². The summed E-state index contributed by atoms with van der Waals surface area (Å²) in [7, 11) is 0. The largest absolute Gasteiger partial charge is 0.507 e. The Labute approximate surface area is 139 Å². The predicted molar refractivity (Wildman–Crippen MR) is 99.3 cm³/mol. The Balaban J connectivity index is 2.46. The molecule has 2 heteroatoms. The highest BCUT2D eigenvalue weighted by Crippen LogP contribution is 2.33. The van der Waals surface area contributed by atoms with Gasteiger partial charge < -0.3 is 5.11 Å². The van der Waals surface area contributed by atoms with Crippen molar-refractivity contribution in [3.05, 3.63) is 58.7 Å². The molecule has 1 N–H and O–H groups in total. The third-order valence-electron chi connectivity index (χ3n) is 4.17. The van der Waals surface area contributed by atoms with Crippen LogP contribution in [0.25, 0.3) is 0 Å². The SMILES string of the molecule is CCc1cccc(CC)c1N=Cc1cccc(C(C)(C)C)c1O. The third-order valence-corrected chi connectivity index (χ3v) is 4.17. The molecule has 0 aliphatic carbocycles. The second kappa shape index (κ2) is 6.99. The highest BCUT2D eigenvalue weighted by molar-refractivity contribution is 5.86. The Kier molecular flexibility index (Phi) is 5.25. The molecule has 0 saturated heterocycles. The summed E-state index contributed by atoms with van der Waals surface area (Å²) in [6.07, 6.45) is 3.70. The molecule has 2 rings (SSSR count). The summed E-state index contributed by atoms with van der Waals surface area (Å²) < 4.78 is 0. The van der Waals surface area contributed by atoms with Crippen LogP contribution >= 0.6 is 0 Å². The molecule has 2 nitrogen and oxygen atoms in total. The van der Waals surface area contributed by atoms with Crippen molar-refractivity contribution >= 4 is 11.9 Å². The van der Waals surface area contributed by atoms with E-state index in [1.807, 2.05) is 18.2 Å². The van der Waals surface area contributed by atoms with Gasteiger partial charge in [-0.15, -0.1) is 0 Å². The molecule has 0 radical (unpaired) electrons. The van der Waals surface area contributed by atoms with Crippen molar-refractivity contribution in [2.75, 3.05) is 0 Å². The van der Waals surface area contributed by atoms with E-state index in [9.17, 15) is 5.11 Å². The summed E-state index contributed by atoms with van der Waals surface area (Å²) in [5.74, 6) is 0.329. The third kappa shape index (κ3) is 3.82. The molecule has 2 aromatic carbocycles. The minimum Gasteiger partial charge on any atom is -0.507 e. The number of phenols is 1. The average molecular weight is 309 g/mol. The van der Waals surface area contributed by atoms with Gasteiger partial charge in [0.15, 0.2) is 0 Å². The first-order chi connectivity index (χ1) is 10.9. The van der Waals surface area contributed by atoms with Crippen LogP contribution in [0.4, 0.5) is 5.69 Å². The zero-order valence-corrected chi connectivity index (χ0v) is 14.9. The fourth-order valence-electron chi connectivity index (χ4n) is 2.79. The van der Waals surface area contributed by atoms with Gasteiger partial charge in [0, 0.05) is 11.8 Å². The number of hydrogen-bond acceptors (Lipinski definition) is 2. The molecule has 122 valence electrons. The molecule has 0 bridgehead atoms. The molecule has 0 unspecified atom stereocenters. The number of nitrogens with zero attached hydrogens (tertiary/aromatic N) is 1. The van der Waals surface area contributed by atoms with Crippen LogP contribution in [0.5, 0.6) is 5.75 Å². The lowest BCUT2D eigenvalue weighted by Crippen LogP contribution is -2.11. The van der Waals surface area contributed by atoms with Crippen LogP contribution in [0, 0.1) is 0 Å². The van der Waals surface area contributed by atoms with Crippen LogP contribution in [-0.4, -0.2) is 11.3 Å². The lowest BCUT2D eigenvalue weighted by Gasteiger charge is -2.21. The van der Waals surface area contributed by atoms with Crippen molar-refractivity contribution in [2.45, 2.75) is 52.9 Å². The van der Waals surface area contributed by atoms with E-state index in [4.69, 9.17) is 4.99 Å². The Morgan fingerprint density at radius 3 is 2.04 bits per heavy atom. The van der Waals surface area contributed by atoms with Crippen molar-refractivity contribution < 1.29 is 5.11 Å². The normalized spacial score (nSPS) is 12.0. The Bertz CT molecular complexity index is 686. The number of aromatic hydroxyl groups is 1. The summed E-state index contributed by atoms with van der Waals surface area (Å²) in [5.41, 5.74) is 5.15. The number of benzene rings is 2. The lowest BCUT2D eigenvalue weighted by molar-refractivity contribution is 0.446. The van der Waals surface area contributed by atoms with Gasteiger partial charge in [-0.25, -0.2) is 0 Å². The number of aryl methyl sites for hydroxylation is 2. The smallest absolute Gasteiger partial charge is 0.128 e. The zero-order chi connectivity index (χ0) is 17.0. The van der Waals surface area contributed by atoms with Crippen molar-refractivity contribution in [3.8, 4) is 5.75 Å². The highest BCUT2D eigenvalue weighted by atomic mass is 16.3. The van der Waals surface area contributed by atoms with Crippen molar-refractivity contribution in [1.29, 1.82) is 0 Å². The van der Waals surface area contributed by atoms with E-state index in [0.29, 0.717) is 5.75 Å². The monoisotopic (exact) mass is 309 g/mol. The Hall–Kier alpha value is -2.09. The number of para-hydroxylation sites is 2. The molecule has 0 spiro atoms. The molecular formula is C21H27NO. The van der Waals surface area contributed by atoms with Crippen LogP contribution in [-0.2, 0) is 18.3 Å². The lowest BCUT2D eigenvalue weighted by atomic mass is 9.85. The molecule has 0 atom stereocenters. The molecule has 0 aliphatic rings. The second-order valence-corrected chi connectivity index (χ2v) is 6.88. The van der Waals surface area contributed by atoms with E-state index >= 15 is 0 Å². The van der Waals surface area contributed by atoms with E-state index in [-0.39, 0.29) is 5.41 Å². The second-order valence-electron chi connectivity index (χ2n) is 6.88. The molecule has 0 heterocycles. The van der Waals surface area contributed by atoms with Gasteiger partial charge >= 0.3 is 0 Å². The molecule has 0 saturated carbocycles. The van der Waals surface area contributed by atoms with E-state index in [2.05, 4.69) is 52.8 Å². The molecule has 0 fully saturated rings. The van der Waals surface area contributed by atoms with Gasteiger partial charge in [-0.3, -0.25) is 4.99 Å². The van der Waals surface area contributed by atoms with Crippen molar-refractivity contribution in [3.63, 3.8) is 0 Å². The number of aliphatic imine (C=N–C) groups is 1. The summed E-state index contributed by atoms with van der Waals surface area (Å²) in [6, 6.07) is 12.2. The first-order valence-electron chi connectivity index (χ1n) is 8.35. The Morgan fingerprint density at radius 1 is 0.957 bits per heavy atom. The molecular weight excluding hydrogens is 282 g/mol. The summed E-state index contributed by atoms with van der Waals surface area (Å²) in [4.78, 5) is 4.72. The van der Waals surface area contributed by atoms with Gasteiger partial charge in [-0.05, 0) is 41.0 Å². The van der Waals surface area contributed by atoms with Gasteiger partial charge in [0.2, 0.25) is 0 Å². The first-order valence-corrected chi connectivity index (χ1v) is 8.35. The van der Waals surface area contributed by atoms with Gasteiger partial charge in [0.25, 0.3) is 0 Å².